The van der Waals surface area contributed by atoms with E-state index in [4.69, 9.17) is 51.1 Å². The highest BCUT2D eigenvalue weighted by Gasteiger charge is 2.11. The lowest BCUT2D eigenvalue weighted by molar-refractivity contribution is 0.306. The van der Waals surface area contributed by atoms with Crippen molar-refractivity contribution in [2.45, 2.75) is 13.2 Å². The maximum absolute atomic E-state index is 6.35. The van der Waals surface area contributed by atoms with Gasteiger partial charge in [-0.15, -0.1) is 0 Å². The summed E-state index contributed by atoms with van der Waals surface area (Å²) in [4.78, 5) is 0. The van der Waals surface area contributed by atoms with Gasteiger partial charge in [-0.2, -0.15) is 0 Å². The fraction of sp³-hybridized carbons (Fsp3) is 0.100. The molecule has 0 aliphatic rings. The Kier molecular flexibility index (Phi) is 6.55. The van der Waals surface area contributed by atoms with Crippen LogP contribution in [0.3, 0.4) is 0 Å². The topological polar surface area (TPSA) is 21.3 Å². The first-order chi connectivity index (χ1) is 12.5. The molecule has 0 radical (unpaired) electrons. The Hall–Kier alpha value is -1.58. The van der Waals surface area contributed by atoms with E-state index < -0.39 is 0 Å². The molecule has 0 spiro atoms. The maximum Gasteiger partial charge on any atom is 0.156 e. The molecule has 0 amide bonds. The van der Waals surface area contributed by atoms with Crippen molar-refractivity contribution in [3.05, 3.63) is 91.9 Å². The molecule has 1 N–H and O–H groups in total. The molecule has 134 valence electrons. The Bertz CT molecular complexity index is 874. The van der Waals surface area contributed by atoms with E-state index in [1.807, 2.05) is 60.7 Å². The van der Waals surface area contributed by atoms with E-state index in [0.717, 1.165) is 16.8 Å². The van der Waals surface area contributed by atoms with Gasteiger partial charge in [0.25, 0.3) is 0 Å². The quantitative estimate of drug-likeness (QED) is 0.440. The summed E-state index contributed by atoms with van der Waals surface area (Å²) in [6.07, 6.45) is 0. The minimum absolute atomic E-state index is 0.355. The summed E-state index contributed by atoms with van der Waals surface area (Å²) in [6.45, 7) is 0.897. The lowest BCUT2D eigenvalue weighted by Crippen LogP contribution is -2.01. The molecule has 0 aliphatic carbocycles. The number of nitrogens with one attached hydrogen (secondary N) is 1. The van der Waals surface area contributed by atoms with Crippen LogP contribution >= 0.6 is 46.4 Å². The number of hydrogen-bond acceptors (Lipinski definition) is 2. The summed E-state index contributed by atoms with van der Waals surface area (Å²) in [5.41, 5.74) is 2.76. The lowest BCUT2D eigenvalue weighted by atomic mass is 10.2. The van der Waals surface area contributed by atoms with Gasteiger partial charge in [0.2, 0.25) is 0 Å². The van der Waals surface area contributed by atoms with Crippen molar-refractivity contribution in [2.75, 3.05) is 5.32 Å². The highest BCUT2D eigenvalue weighted by atomic mass is 35.5. The molecule has 2 nitrogen and oxygen atoms in total. The Labute approximate surface area is 172 Å². The highest BCUT2D eigenvalue weighted by Crippen LogP contribution is 2.35. The number of rotatable bonds is 6. The molecule has 0 heterocycles. The Morgan fingerprint density at radius 2 is 1.38 bits per heavy atom. The summed E-state index contributed by atoms with van der Waals surface area (Å²) in [5, 5.41) is 5.53. The maximum atomic E-state index is 6.35. The molecule has 0 saturated heterocycles. The minimum atomic E-state index is 0.355. The first-order valence-electron chi connectivity index (χ1n) is 7.86. The standard InChI is InChI=1S/C20H15Cl4NO/c21-15-7-5-13(6-8-15)12-26-20-17(23)9-14(10-18(20)24)11-25-19-4-2-1-3-16(19)22/h1-10,25H,11-12H2. The van der Waals surface area contributed by atoms with E-state index in [0.29, 0.717) is 39.0 Å². The highest BCUT2D eigenvalue weighted by molar-refractivity contribution is 6.37. The molecule has 3 aromatic carbocycles. The predicted octanol–water partition coefficient (Wildman–Crippen LogP) is 7.49. The molecule has 0 unspecified atom stereocenters. The van der Waals surface area contributed by atoms with E-state index in [2.05, 4.69) is 5.32 Å². The van der Waals surface area contributed by atoms with Gasteiger partial charge in [0.1, 0.15) is 6.61 Å². The second kappa shape index (κ2) is 8.88. The summed E-state index contributed by atoms with van der Waals surface area (Å²) < 4.78 is 5.78. The fourth-order valence-corrected chi connectivity index (χ4v) is 3.36. The van der Waals surface area contributed by atoms with Crippen molar-refractivity contribution in [1.29, 1.82) is 0 Å². The zero-order chi connectivity index (χ0) is 18.5. The number of halogens is 4. The van der Waals surface area contributed by atoms with Gasteiger partial charge in [-0.1, -0.05) is 70.7 Å². The normalized spacial score (nSPS) is 10.6. The van der Waals surface area contributed by atoms with E-state index in [-0.39, 0.29) is 0 Å². The summed E-state index contributed by atoms with van der Waals surface area (Å²) in [6, 6.07) is 18.6. The second-order valence-electron chi connectivity index (χ2n) is 5.64. The van der Waals surface area contributed by atoms with Crippen molar-refractivity contribution >= 4 is 52.1 Å². The Morgan fingerprint density at radius 3 is 2.04 bits per heavy atom. The fourth-order valence-electron chi connectivity index (χ4n) is 2.39. The average Bonchev–Trinajstić information content (AvgIpc) is 2.62. The second-order valence-corrected chi connectivity index (χ2v) is 7.30. The van der Waals surface area contributed by atoms with Crippen LogP contribution in [0, 0.1) is 0 Å². The van der Waals surface area contributed by atoms with E-state index >= 15 is 0 Å². The van der Waals surface area contributed by atoms with E-state index in [1.165, 1.54) is 0 Å². The van der Waals surface area contributed by atoms with Crippen LogP contribution in [0.2, 0.25) is 20.1 Å². The van der Waals surface area contributed by atoms with Gasteiger partial charge in [0, 0.05) is 11.6 Å². The van der Waals surface area contributed by atoms with Gasteiger partial charge < -0.3 is 10.1 Å². The van der Waals surface area contributed by atoms with Gasteiger partial charge in [-0.05, 0) is 47.5 Å². The van der Waals surface area contributed by atoms with Gasteiger partial charge in [-0.25, -0.2) is 0 Å². The number of para-hydroxylation sites is 1. The van der Waals surface area contributed by atoms with Gasteiger partial charge in [0.05, 0.1) is 20.8 Å². The van der Waals surface area contributed by atoms with Crippen molar-refractivity contribution in [2.24, 2.45) is 0 Å². The van der Waals surface area contributed by atoms with Crippen molar-refractivity contribution in [3.63, 3.8) is 0 Å². The minimum Gasteiger partial charge on any atom is -0.486 e. The SMILES string of the molecule is Clc1ccc(COc2c(Cl)cc(CNc3ccccc3Cl)cc2Cl)cc1. The first-order valence-corrected chi connectivity index (χ1v) is 9.37. The van der Waals surface area contributed by atoms with Crippen LogP contribution in [-0.4, -0.2) is 0 Å². The third kappa shape index (κ3) is 4.99. The Morgan fingerprint density at radius 1 is 0.731 bits per heavy atom. The van der Waals surface area contributed by atoms with E-state index in [1.54, 1.807) is 0 Å². The van der Waals surface area contributed by atoms with Crippen LogP contribution in [0.15, 0.2) is 60.7 Å². The predicted molar refractivity (Wildman–Crippen MR) is 111 cm³/mol. The van der Waals surface area contributed by atoms with E-state index in [9.17, 15) is 0 Å². The molecular weight excluding hydrogens is 412 g/mol. The average molecular weight is 427 g/mol. The van der Waals surface area contributed by atoms with Crippen LogP contribution in [0.25, 0.3) is 0 Å². The lowest BCUT2D eigenvalue weighted by Gasteiger charge is -2.13. The number of ether oxygens (including phenoxy) is 1. The molecule has 0 bridgehead atoms. The van der Waals surface area contributed by atoms with Crippen LogP contribution in [0.5, 0.6) is 5.75 Å². The molecule has 0 saturated carbocycles. The zero-order valence-corrected chi connectivity index (χ0v) is 16.6. The molecule has 6 heteroatoms. The first kappa shape index (κ1) is 19.2. The largest absolute Gasteiger partial charge is 0.486 e. The third-order valence-corrected chi connectivity index (χ3v) is 4.85. The van der Waals surface area contributed by atoms with Crippen LogP contribution in [0.1, 0.15) is 11.1 Å². The monoisotopic (exact) mass is 425 g/mol. The molecule has 0 atom stereocenters. The van der Waals surface area contributed by atoms with Gasteiger partial charge in [0.15, 0.2) is 5.75 Å². The number of hydrogen-bond donors (Lipinski definition) is 1. The summed E-state index contributed by atoms with van der Waals surface area (Å²) in [5.74, 6) is 0.463. The molecule has 0 aliphatic heterocycles. The van der Waals surface area contributed by atoms with Gasteiger partial charge >= 0.3 is 0 Å². The van der Waals surface area contributed by atoms with Gasteiger partial charge in [-0.3, -0.25) is 0 Å². The number of anilines is 1. The smallest absolute Gasteiger partial charge is 0.156 e. The molecule has 26 heavy (non-hydrogen) atoms. The van der Waals surface area contributed by atoms with Crippen molar-refractivity contribution in [1.82, 2.24) is 0 Å². The zero-order valence-electron chi connectivity index (χ0n) is 13.6. The summed E-state index contributed by atoms with van der Waals surface area (Å²) in [7, 11) is 0. The molecule has 0 fully saturated rings. The molecule has 3 rings (SSSR count). The summed E-state index contributed by atoms with van der Waals surface area (Å²) >= 11 is 24.7. The molecule has 0 aromatic heterocycles. The Balaban J connectivity index is 1.67. The van der Waals surface area contributed by atoms with Crippen molar-refractivity contribution in [3.8, 4) is 5.75 Å². The number of benzene rings is 3. The third-order valence-electron chi connectivity index (χ3n) is 3.71. The van der Waals surface area contributed by atoms with Crippen LogP contribution < -0.4 is 10.1 Å². The van der Waals surface area contributed by atoms with Crippen molar-refractivity contribution < 1.29 is 4.74 Å². The molecule has 3 aromatic rings. The van der Waals surface area contributed by atoms with Crippen LogP contribution in [-0.2, 0) is 13.2 Å². The molecular formula is C20H15Cl4NO. The van der Waals surface area contributed by atoms with Crippen LogP contribution in [0.4, 0.5) is 5.69 Å².